The number of hydrogen-bond donors (Lipinski definition) is 1. The first kappa shape index (κ1) is 19.2. The van der Waals surface area contributed by atoms with Gasteiger partial charge in [0.2, 0.25) is 5.91 Å². The summed E-state index contributed by atoms with van der Waals surface area (Å²) in [4.78, 5) is 16.3. The number of thiophene rings is 1. The molecule has 0 unspecified atom stereocenters. The van der Waals surface area contributed by atoms with Crippen molar-refractivity contribution in [3.05, 3.63) is 57.5 Å². The monoisotopic (exact) mass is 398 g/mol. The Morgan fingerprint density at radius 2 is 2.07 bits per heavy atom. The van der Waals surface area contributed by atoms with Crippen molar-refractivity contribution in [3.8, 4) is 0 Å². The molecule has 6 heteroatoms. The average Bonchev–Trinajstić information content (AvgIpc) is 3.37. The van der Waals surface area contributed by atoms with Gasteiger partial charge in [-0.05, 0) is 36.4 Å². The van der Waals surface area contributed by atoms with Gasteiger partial charge in [-0.25, -0.2) is 0 Å². The van der Waals surface area contributed by atoms with Crippen LogP contribution in [-0.2, 0) is 16.0 Å². The molecule has 1 atom stereocenters. The maximum Gasteiger partial charge on any atom is 0.224 e. The van der Waals surface area contributed by atoms with Gasteiger partial charge < -0.3 is 14.5 Å². The summed E-state index contributed by atoms with van der Waals surface area (Å²) in [6.07, 6.45) is 2.05. The first-order chi connectivity index (χ1) is 13.6. The average molecular weight is 399 g/mol. The van der Waals surface area contributed by atoms with Gasteiger partial charge in [0.15, 0.2) is 0 Å². The van der Waals surface area contributed by atoms with Gasteiger partial charge >= 0.3 is 0 Å². The van der Waals surface area contributed by atoms with E-state index < -0.39 is 0 Å². The summed E-state index contributed by atoms with van der Waals surface area (Å²) >= 11 is 1.74. The number of carbonyl (C=O) groups is 1. The molecule has 2 aromatic heterocycles. The van der Waals surface area contributed by atoms with Gasteiger partial charge in [-0.15, -0.1) is 11.3 Å². The fourth-order valence-electron chi connectivity index (χ4n) is 3.75. The number of carbonyl (C=O) groups excluding carboxylic acids is 1. The fourth-order valence-corrected chi connectivity index (χ4v) is 4.61. The lowest BCUT2D eigenvalue weighted by Crippen LogP contribution is -2.43. The maximum absolute atomic E-state index is 12.7. The molecule has 5 nitrogen and oxygen atoms in total. The summed E-state index contributed by atoms with van der Waals surface area (Å²) in [5, 5.41) is 6.26. The molecular weight excluding hydrogens is 372 g/mol. The van der Waals surface area contributed by atoms with Crippen LogP contribution in [0.4, 0.5) is 0 Å². The zero-order valence-electron chi connectivity index (χ0n) is 16.4. The Balaban J connectivity index is 1.43. The van der Waals surface area contributed by atoms with Crippen molar-refractivity contribution in [2.45, 2.75) is 26.3 Å². The molecule has 0 radical (unpaired) electrons. The van der Waals surface area contributed by atoms with E-state index in [-0.39, 0.29) is 11.9 Å². The number of furan rings is 1. The van der Waals surface area contributed by atoms with E-state index in [2.05, 4.69) is 47.6 Å². The molecular formula is C22H26N2O3S. The highest BCUT2D eigenvalue weighted by atomic mass is 32.1. The van der Waals surface area contributed by atoms with E-state index in [1.807, 2.05) is 6.07 Å². The molecule has 1 aliphatic heterocycles. The Hall–Kier alpha value is -2.15. The number of amides is 1. The highest BCUT2D eigenvalue weighted by molar-refractivity contribution is 7.10. The van der Waals surface area contributed by atoms with Crippen molar-refractivity contribution < 1.29 is 13.9 Å². The van der Waals surface area contributed by atoms with Crippen LogP contribution in [0.2, 0.25) is 0 Å². The van der Waals surface area contributed by atoms with Crippen LogP contribution in [0.5, 0.6) is 0 Å². The van der Waals surface area contributed by atoms with Crippen LogP contribution >= 0.6 is 11.3 Å². The van der Waals surface area contributed by atoms with Gasteiger partial charge in [0, 0.05) is 35.5 Å². The quantitative estimate of drug-likeness (QED) is 0.685. The van der Waals surface area contributed by atoms with Crippen molar-refractivity contribution in [1.82, 2.24) is 10.2 Å². The lowest BCUT2D eigenvalue weighted by atomic mass is 10.0. The maximum atomic E-state index is 12.7. The Morgan fingerprint density at radius 3 is 2.82 bits per heavy atom. The highest BCUT2D eigenvalue weighted by Gasteiger charge is 2.24. The number of nitrogens with zero attached hydrogens (tertiary/aromatic N) is 1. The molecule has 1 fully saturated rings. The van der Waals surface area contributed by atoms with Gasteiger partial charge in [0.05, 0.1) is 31.9 Å². The molecule has 28 heavy (non-hydrogen) atoms. The van der Waals surface area contributed by atoms with Crippen LogP contribution in [0.1, 0.15) is 27.6 Å². The number of morpholine rings is 1. The van der Waals surface area contributed by atoms with Crippen molar-refractivity contribution in [1.29, 1.82) is 0 Å². The summed E-state index contributed by atoms with van der Waals surface area (Å²) in [7, 11) is 0. The van der Waals surface area contributed by atoms with Gasteiger partial charge in [0.25, 0.3) is 0 Å². The second kappa shape index (κ2) is 8.47. The smallest absolute Gasteiger partial charge is 0.224 e. The number of ether oxygens (including phenoxy) is 1. The Labute approximate surface area is 169 Å². The predicted molar refractivity (Wildman–Crippen MR) is 112 cm³/mol. The van der Waals surface area contributed by atoms with Crippen LogP contribution in [0.15, 0.2) is 40.3 Å². The summed E-state index contributed by atoms with van der Waals surface area (Å²) in [6, 6.07) is 8.54. The van der Waals surface area contributed by atoms with Crippen LogP contribution in [0, 0.1) is 13.8 Å². The minimum absolute atomic E-state index is 0.0238. The molecule has 0 saturated carbocycles. The van der Waals surface area contributed by atoms with Gasteiger partial charge in [-0.3, -0.25) is 9.69 Å². The van der Waals surface area contributed by atoms with E-state index in [0.29, 0.717) is 13.0 Å². The molecule has 1 aliphatic rings. The lowest BCUT2D eigenvalue weighted by molar-refractivity contribution is -0.120. The van der Waals surface area contributed by atoms with Gasteiger partial charge in [0.1, 0.15) is 5.58 Å². The van der Waals surface area contributed by atoms with E-state index in [4.69, 9.17) is 9.15 Å². The van der Waals surface area contributed by atoms with Crippen molar-refractivity contribution >= 4 is 28.2 Å². The Bertz CT molecular complexity index is 942. The number of aryl methyl sites for hydroxylation is 2. The van der Waals surface area contributed by atoms with Crippen LogP contribution < -0.4 is 5.32 Å². The fraction of sp³-hybridized carbons (Fsp3) is 0.409. The number of hydrogen-bond acceptors (Lipinski definition) is 5. The molecule has 1 N–H and O–H groups in total. The van der Waals surface area contributed by atoms with E-state index in [1.54, 1.807) is 17.6 Å². The van der Waals surface area contributed by atoms with Crippen molar-refractivity contribution in [2.75, 3.05) is 32.8 Å². The number of rotatable bonds is 6. The normalized spacial score (nSPS) is 16.4. The molecule has 3 aromatic rings. The molecule has 4 rings (SSSR count). The van der Waals surface area contributed by atoms with Crippen LogP contribution in [-0.4, -0.2) is 43.7 Å². The molecule has 0 aliphatic carbocycles. The third-order valence-electron chi connectivity index (χ3n) is 5.54. The zero-order chi connectivity index (χ0) is 19.5. The lowest BCUT2D eigenvalue weighted by Gasteiger charge is -2.34. The SMILES string of the molecule is Cc1ccc2c(CC(=O)NC[C@H](c3cccs3)N3CCOCC3)coc2c1C. The molecule has 148 valence electrons. The highest BCUT2D eigenvalue weighted by Crippen LogP contribution is 2.27. The molecule has 0 bridgehead atoms. The third-order valence-corrected chi connectivity index (χ3v) is 6.52. The summed E-state index contributed by atoms with van der Waals surface area (Å²) in [5.74, 6) is 0.0238. The molecule has 1 aromatic carbocycles. The zero-order valence-corrected chi connectivity index (χ0v) is 17.2. The van der Waals surface area contributed by atoms with E-state index >= 15 is 0 Å². The van der Waals surface area contributed by atoms with Gasteiger partial charge in [-0.2, -0.15) is 0 Å². The van der Waals surface area contributed by atoms with Crippen molar-refractivity contribution in [3.63, 3.8) is 0 Å². The van der Waals surface area contributed by atoms with E-state index in [9.17, 15) is 4.79 Å². The summed E-state index contributed by atoms with van der Waals surface area (Å²) in [5.41, 5.74) is 4.15. The van der Waals surface area contributed by atoms with E-state index in [0.717, 1.165) is 48.4 Å². The minimum Gasteiger partial charge on any atom is -0.464 e. The van der Waals surface area contributed by atoms with Crippen LogP contribution in [0.25, 0.3) is 11.0 Å². The number of nitrogens with one attached hydrogen (secondary N) is 1. The van der Waals surface area contributed by atoms with Crippen LogP contribution in [0.3, 0.4) is 0 Å². The second-order valence-corrected chi connectivity index (χ2v) is 8.28. The van der Waals surface area contributed by atoms with Crippen molar-refractivity contribution in [2.24, 2.45) is 0 Å². The molecule has 1 amide bonds. The topological polar surface area (TPSA) is 54.7 Å². The standard InChI is InChI=1S/C22H26N2O3S/c1-15-5-6-18-17(14-27-22(18)16(15)2)12-21(25)23-13-19(20-4-3-11-28-20)24-7-9-26-10-8-24/h3-6,11,14,19H,7-10,12-13H2,1-2H3,(H,23,25)/t19-/m1/s1. The summed E-state index contributed by atoms with van der Waals surface area (Å²) < 4.78 is 11.2. The third kappa shape index (κ3) is 3.99. The first-order valence-electron chi connectivity index (χ1n) is 9.71. The Kier molecular flexibility index (Phi) is 5.80. The second-order valence-electron chi connectivity index (χ2n) is 7.31. The largest absolute Gasteiger partial charge is 0.464 e. The minimum atomic E-state index is 0.0238. The number of fused-ring (bicyclic) bond motifs is 1. The first-order valence-corrected chi connectivity index (χ1v) is 10.6. The Morgan fingerprint density at radius 1 is 1.25 bits per heavy atom. The van der Waals surface area contributed by atoms with Gasteiger partial charge in [-0.1, -0.05) is 18.2 Å². The predicted octanol–water partition coefficient (Wildman–Crippen LogP) is 3.84. The molecule has 3 heterocycles. The molecule has 1 saturated heterocycles. The number of benzene rings is 1. The van der Waals surface area contributed by atoms with E-state index in [1.165, 1.54) is 10.4 Å². The molecule has 0 spiro atoms. The summed E-state index contributed by atoms with van der Waals surface area (Å²) in [6.45, 7) is 8.00.